The summed E-state index contributed by atoms with van der Waals surface area (Å²) in [6.07, 6.45) is 0.704. The molecular weight excluding hydrogens is 500 g/mol. The molecule has 3 aliphatic rings. The van der Waals surface area contributed by atoms with Crippen molar-refractivity contribution in [2.45, 2.75) is 88.8 Å². The van der Waals surface area contributed by atoms with Crippen molar-refractivity contribution < 1.29 is 31.9 Å². The quantitative estimate of drug-likeness (QED) is 0.339. The number of halogens is 4. The maximum atomic E-state index is 14.2. The zero-order valence-corrected chi connectivity index (χ0v) is 21.5. The molecule has 1 saturated carbocycles. The van der Waals surface area contributed by atoms with Gasteiger partial charge in [0.15, 0.2) is 0 Å². The van der Waals surface area contributed by atoms with E-state index in [0.717, 1.165) is 24.6 Å². The molecule has 206 valence electrons. The van der Waals surface area contributed by atoms with Crippen LogP contribution >= 0.6 is 0 Å². The van der Waals surface area contributed by atoms with Gasteiger partial charge >= 0.3 is 12.1 Å². The van der Waals surface area contributed by atoms with E-state index in [9.17, 15) is 27.2 Å². The molecule has 2 unspecified atom stereocenters. The van der Waals surface area contributed by atoms with E-state index in [0.29, 0.717) is 47.9 Å². The second kappa shape index (κ2) is 10.7. The van der Waals surface area contributed by atoms with Crippen LogP contribution in [0.4, 0.5) is 23.2 Å². The second-order valence-electron chi connectivity index (χ2n) is 11.0. The molecule has 2 atom stereocenters. The van der Waals surface area contributed by atoms with Gasteiger partial charge in [0.2, 0.25) is 0 Å². The standard InChI is InChI=1S/C29H34F4N2O3/c1-38-28(37)19-14-22-3-2-4-23(15-19)35(22)27(36)18-5-11-24-17(13-18)6-12-26(25(24)16-30)34-21-9-7-20(8-10-21)29(31,32)33/h5-6,11-13,19-23,34H,2-4,7-10,14-16H2,1H3. The summed E-state index contributed by atoms with van der Waals surface area (Å²) in [6.45, 7) is -0.726. The van der Waals surface area contributed by atoms with Gasteiger partial charge in [-0.05, 0) is 86.8 Å². The Hall–Kier alpha value is -2.84. The Morgan fingerprint density at radius 1 is 1.00 bits per heavy atom. The molecule has 0 radical (unpaired) electrons. The molecule has 2 heterocycles. The average molecular weight is 535 g/mol. The number of ether oxygens (including phenoxy) is 1. The first kappa shape index (κ1) is 26.8. The predicted molar refractivity (Wildman–Crippen MR) is 137 cm³/mol. The number of methoxy groups -OCH3 is 1. The molecule has 0 aromatic heterocycles. The lowest BCUT2D eigenvalue weighted by atomic mass is 9.78. The molecule has 5 nitrogen and oxygen atoms in total. The van der Waals surface area contributed by atoms with Crippen molar-refractivity contribution in [3.63, 3.8) is 0 Å². The summed E-state index contributed by atoms with van der Waals surface area (Å²) in [5, 5.41) is 4.70. The number of fused-ring (bicyclic) bond motifs is 3. The number of carbonyl (C=O) groups is 2. The first-order valence-electron chi connectivity index (χ1n) is 13.5. The van der Waals surface area contributed by atoms with E-state index in [-0.39, 0.29) is 48.8 Å². The highest BCUT2D eigenvalue weighted by molar-refractivity contribution is 6.00. The zero-order chi connectivity index (χ0) is 27.0. The normalized spacial score (nSPS) is 27.7. The van der Waals surface area contributed by atoms with E-state index in [4.69, 9.17) is 4.74 Å². The van der Waals surface area contributed by atoms with Gasteiger partial charge in [0, 0.05) is 34.9 Å². The van der Waals surface area contributed by atoms with Crippen molar-refractivity contribution in [3.8, 4) is 0 Å². The summed E-state index contributed by atoms with van der Waals surface area (Å²) in [7, 11) is 1.40. The second-order valence-corrected chi connectivity index (χ2v) is 11.0. The number of amides is 1. The Balaban J connectivity index is 1.33. The topological polar surface area (TPSA) is 58.6 Å². The van der Waals surface area contributed by atoms with E-state index in [1.807, 2.05) is 11.0 Å². The monoisotopic (exact) mass is 534 g/mol. The fourth-order valence-corrected chi connectivity index (χ4v) is 6.81. The number of rotatable bonds is 5. The number of carbonyl (C=O) groups excluding carboxylic acids is 2. The fourth-order valence-electron chi connectivity index (χ4n) is 6.81. The van der Waals surface area contributed by atoms with Crippen LogP contribution in [-0.4, -0.2) is 48.2 Å². The number of esters is 1. The van der Waals surface area contributed by atoms with Gasteiger partial charge in [0.1, 0.15) is 6.67 Å². The Labute approximate surface area is 219 Å². The van der Waals surface area contributed by atoms with Crippen molar-refractivity contribution in [2.75, 3.05) is 12.4 Å². The van der Waals surface area contributed by atoms with Gasteiger partial charge in [0.25, 0.3) is 5.91 Å². The van der Waals surface area contributed by atoms with Crippen molar-refractivity contribution in [2.24, 2.45) is 11.8 Å². The molecule has 9 heteroatoms. The van der Waals surface area contributed by atoms with Gasteiger partial charge in [-0.15, -0.1) is 0 Å². The minimum absolute atomic E-state index is 0.00443. The number of hydrogen-bond donors (Lipinski definition) is 1. The molecular formula is C29H34F4N2O3. The largest absolute Gasteiger partial charge is 0.469 e. The summed E-state index contributed by atoms with van der Waals surface area (Å²) in [6, 6.07) is 8.73. The maximum Gasteiger partial charge on any atom is 0.391 e. The zero-order valence-electron chi connectivity index (χ0n) is 21.5. The van der Waals surface area contributed by atoms with Gasteiger partial charge < -0.3 is 15.0 Å². The molecule has 38 heavy (non-hydrogen) atoms. The van der Waals surface area contributed by atoms with Crippen LogP contribution in [0.25, 0.3) is 10.8 Å². The first-order valence-corrected chi connectivity index (χ1v) is 13.5. The van der Waals surface area contributed by atoms with E-state index >= 15 is 0 Å². The van der Waals surface area contributed by atoms with Crippen molar-refractivity contribution >= 4 is 28.3 Å². The minimum Gasteiger partial charge on any atom is -0.469 e. The Kier molecular flexibility index (Phi) is 7.56. The van der Waals surface area contributed by atoms with Gasteiger partial charge in [-0.1, -0.05) is 12.1 Å². The van der Waals surface area contributed by atoms with E-state index in [1.54, 1.807) is 24.3 Å². The molecule has 1 amide bonds. The van der Waals surface area contributed by atoms with Crippen LogP contribution < -0.4 is 5.32 Å². The fraction of sp³-hybridized carbons (Fsp3) is 0.586. The van der Waals surface area contributed by atoms with Crippen molar-refractivity contribution in [1.29, 1.82) is 0 Å². The molecule has 0 spiro atoms. The van der Waals surface area contributed by atoms with E-state index in [1.165, 1.54) is 7.11 Å². The lowest BCUT2D eigenvalue weighted by molar-refractivity contribution is -0.182. The number of benzene rings is 2. The van der Waals surface area contributed by atoms with Crippen LogP contribution in [0.3, 0.4) is 0 Å². The molecule has 2 saturated heterocycles. The van der Waals surface area contributed by atoms with Crippen LogP contribution in [0.1, 0.15) is 73.7 Å². The maximum absolute atomic E-state index is 14.2. The Bertz CT molecular complexity index is 1180. The van der Waals surface area contributed by atoms with E-state index in [2.05, 4.69) is 5.32 Å². The minimum atomic E-state index is -4.16. The third-order valence-corrected chi connectivity index (χ3v) is 8.81. The van der Waals surface area contributed by atoms with Gasteiger partial charge in [-0.3, -0.25) is 9.59 Å². The highest BCUT2D eigenvalue weighted by atomic mass is 19.4. The molecule has 2 aliphatic heterocycles. The number of anilines is 1. The van der Waals surface area contributed by atoms with Crippen LogP contribution in [0.2, 0.25) is 0 Å². The summed E-state index contributed by atoms with van der Waals surface area (Å²) in [5.74, 6) is -1.73. The van der Waals surface area contributed by atoms with Crippen molar-refractivity contribution in [1.82, 2.24) is 4.90 Å². The molecule has 1 aliphatic carbocycles. The summed E-state index contributed by atoms with van der Waals surface area (Å²) < 4.78 is 58.2. The van der Waals surface area contributed by atoms with Gasteiger partial charge in [-0.2, -0.15) is 13.2 Å². The molecule has 3 fully saturated rings. The summed E-state index contributed by atoms with van der Waals surface area (Å²) in [4.78, 5) is 27.7. The molecule has 2 bridgehead atoms. The number of piperidine rings is 2. The lowest BCUT2D eigenvalue weighted by Gasteiger charge is -2.48. The highest BCUT2D eigenvalue weighted by Gasteiger charge is 2.44. The SMILES string of the molecule is COC(=O)C1CC2CCCC(C1)N2C(=O)c1ccc2c(CF)c(NC3CCC(C(F)(F)F)CC3)ccc2c1. The predicted octanol–water partition coefficient (Wildman–Crippen LogP) is 6.79. The van der Waals surface area contributed by atoms with Crippen LogP contribution in [-0.2, 0) is 16.2 Å². The number of hydrogen-bond acceptors (Lipinski definition) is 4. The lowest BCUT2D eigenvalue weighted by Crippen LogP contribution is -2.55. The molecule has 5 rings (SSSR count). The summed E-state index contributed by atoms with van der Waals surface area (Å²) >= 11 is 0. The van der Waals surface area contributed by atoms with Gasteiger partial charge in [0.05, 0.1) is 18.9 Å². The van der Waals surface area contributed by atoms with Crippen LogP contribution in [0.15, 0.2) is 30.3 Å². The van der Waals surface area contributed by atoms with Gasteiger partial charge in [-0.25, -0.2) is 4.39 Å². The number of alkyl halides is 4. The number of nitrogens with one attached hydrogen (secondary N) is 1. The van der Waals surface area contributed by atoms with Crippen LogP contribution in [0.5, 0.6) is 0 Å². The average Bonchev–Trinajstić information content (AvgIpc) is 2.90. The third kappa shape index (κ3) is 5.21. The smallest absolute Gasteiger partial charge is 0.391 e. The van der Waals surface area contributed by atoms with Crippen molar-refractivity contribution in [3.05, 3.63) is 41.5 Å². The third-order valence-electron chi connectivity index (χ3n) is 8.81. The highest BCUT2D eigenvalue weighted by Crippen LogP contribution is 2.40. The Morgan fingerprint density at radius 3 is 2.29 bits per heavy atom. The molecule has 2 aromatic rings. The first-order chi connectivity index (χ1) is 18.2. The summed E-state index contributed by atoms with van der Waals surface area (Å²) in [5.41, 5.74) is 1.58. The Morgan fingerprint density at radius 2 is 1.68 bits per heavy atom. The molecule has 1 N–H and O–H groups in total. The number of nitrogens with zero attached hydrogens (tertiary/aromatic N) is 1. The van der Waals surface area contributed by atoms with Crippen LogP contribution in [0, 0.1) is 11.8 Å². The molecule has 2 aromatic carbocycles. The van der Waals surface area contributed by atoms with E-state index < -0.39 is 18.8 Å².